The van der Waals surface area contributed by atoms with Crippen LogP contribution in [0.1, 0.15) is 48.5 Å². The second kappa shape index (κ2) is 6.53. The minimum absolute atomic E-state index is 0.0489. The number of halogens is 3. The molecule has 2 aromatic heterocycles. The maximum Gasteiger partial charge on any atom is 0.251 e. The van der Waals surface area contributed by atoms with Gasteiger partial charge in [-0.05, 0) is 51.2 Å². The van der Waals surface area contributed by atoms with Crippen molar-refractivity contribution in [3.63, 3.8) is 0 Å². The van der Waals surface area contributed by atoms with Gasteiger partial charge in [-0.1, -0.05) is 0 Å². The summed E-state index contributed by atoms with van der Waals surface area (Å²) < 4.78 is 40.9. The molecule has 0 saturated heterocycles. The van der Waals surface area contributed by atoms with Crippen molar-refractivity contribution in [1.29, 1.82) is 0 Å². The standard InChI is InChI=1S/C17H21F3N4/c1-11-7-14(9-13-3-5-17(19,20)6-4-13)22-16(21-11)24-12(2)8-15(10-18)23-24/h7-8,13H,3-6,9-10H2,1-2H3. The molecule has 24 heavy (non-hydrogen) atoms. The van der Waals surface area contributed by atoms with Crippen LogP contribution >= 0.6 is 0 Å². The number of hydrogen-bond acceptors (Lipinski definition) is 3. The summed E-state index contributed by atoms with van der Waals surface area (Å²) in [6.45, 7) is 3.04. The molecule has 1 aliphatic carbocycles. The predicted molar refractivity (Wildman–Crippen MR) is 84.0 cm³/mol. The summed E-state index contributed by atoms with van der Waals surface area (Å²) in [7, 11) is 0. The third kappa shape index (κ3) is 3.76. The normalized spacial score (nSPS) is 18.0. The van der Waals surface area contributed by atoms with E-state index < -0.39 is 12.6 Å². The first-order valence-corrected chi connectivity index (χ1v) is 8.20. The van der Waals surface area contributed by atoms with E-state index in [1.54, 1.807) is 6.07 Å². The Bertz CT molecular complexity index is 717. The minimum Gasteiger partial charge on any atom is -0.244 e. The number of nitrogens with zero attached hydrogens (tertiary/aromatic N) is 4. The van der Waals surface area contributed by atoms with Gasteiger partial charge in [-0.15, -0.1) is 0 Å². The molecular weight excluding hydrogens is 317 g/mol. The fourth-order valence-corrected chi connectivity index (χ4v) is 3.22. The van der Waals surface area contributed by atoms with E-state index in [4.69, 9.17) is 0 Å². The first-order chi connectivity index (χ1) is 11.4. The molecule has 4 nitrogen and oxygen atoms in total. The Morgan fingerprint density at radius 1 is 1.12 bits per heavy atom. The van der Waals surface area contributed by atoms with E-state index in [0.717, 1.165) is 17.1 Å². The third-order valence-corrected chi connectivity index (χ3v) is 4.49. The van der Waals surface area contributed by atoms with Crippen LogP contribution in [0.5, 0.6) is 0 Å². The Hall–Kier alpha value is -1.92. The topological polar surface area (TPSA) is 43.6 Å². The zero-order valence-corrected chi connectivity index (χ0v) is 13.9. The number of alkyl halides is 3. The summed E-state index contributed by atoms with van der Waals surface area (Å²) in [5.74, 6) is -1.90. The van der Waals surface area contributed by atoms with Crippen molar-refractivity contribution in [3.8, 4) is 5.95 Å². The van der Waals surface area contributed by atoms with E-state index in [1.165, 1.54) is 4.68 Å². The van der Waals surface area contributed by atoms with Crippen LogP contribution in [0.3, 0.4) is 0 Å². The Balaban J connectivity index is 1.80. The maximum absolute atomic E-state index is 13.3. The fraction of sp³-hybridized carbons (Fsp3) is 0.588. The van der Waals surface area contributed by atoms with Crippen LogP contribution in [0, 0.1) is 19.8 Å². The Morgan fingerprint density at radius 3 is 2.46 bits per heavy atom. The van der Waals surface area contributed by atoms with Crippen LogP contribution in [0.15, 0.2) is 12.1 Å². The Kier molecular flexibility index (Phi) is 4.60. The molecule has 0 atom stereocenters. The third-order valence-electron chi connectivity index (χ3n) is 4.49. The Labute approximate surface area is 139 Å². The first kappa shape index (κ1) is 16.9. The monoisotopic (exact) mass is 338 g/mol. The molecule has 130 valence electrons. The molecule has 0 unspecified atom stereocenters. The zero-order chi connectivity index (χ0) is 17.3. The molecule has 0 bridgehead atoms. The molecule has 3 rings (SSSR count). The lowest BCUT2D eigenvalue weighted by Crippen LogP contribution is -2.25. The van der Waals surface area contributed by atoms with Gasteiger partial charge < -0.3 is 0 Å². The summed E-state index contributed by atoms with van der Waals surface area (Å²) in [4.78, 5) is 8.90. The largest absolute Gasteiger partial charge is 0.251 e. The van der Waals surface area contributed by atoms with E-state index in [0.29, 0.717) is 30.9 Å². The van der Waals surface area contributed by atoms with Gasteiger partial charge in [-0.25, -0.2) is 27.8 Å². The van der Waals surface area contributed by atoms with Crippen LogP contribution in [0.4, 0.5) is 13.2 Å². The molecular formula is C17H21F3N4. The van der Waals surface area contributed by atoms with E-state index in [9.17, 15) is 13.2 Å². The summed E-state index contributed by atoms with van der Waals surface area (Å²) in [5.41, 5.74) is 2.71. The van der Waals surface area contributed by atoms with E-state index >= 15 is 0 Å². The van der Waals surface area contributed by atoms with Crippen molar-refractivity contribution in [2.24, 2.45) is 5.92 Å². The number of aromatic nitrogens is 4. The fourth-order valence-electron chi connectivity index (χ4n) is 3.22. The lowest BCUT2D eigenvalue weighted by molar-refractivity contribution is -0.0457. The molecule has 1 fully saturated rings. The van der Waals surface area contributed by atoms with Gasteiger partial charge in [0, 0.05) is 29.9 Å². The van der Waals surface area contributed by atoms with Crippen molar-refractivity contribution < 1.29 is 13.2 Å². The van der Waals surface area contributed by atoms with Gasteiger partial charge in [-0.3, -0.25) is 0 Å². The van der Waals surface area contributed by atoms with Crippen molar-refractivity contribution in [2.75, 3.05) is 0 Å². The lowest BCUT2D eigenvalue weighted by atomic mass is 9.84. The highest BCUT2D eigenvalue weighted by molar-refractivity contribution is 5.23. The molecule has 0 radical (unpaired) electrons. The van der Waals surface area contributed by atoms with Crippen LogP contribution in [0.25, 0.3) is 5.95 Å². The van der Waals surface area contributed by atoms with E-state index in [1.807, 2.05) is 19.9 Å². The van der Waals surface area contributed by atoms with Gasteiger partial charge in [-0.2, -0.15) is 5.10 Å². The number of aryl methyl sites for hydroxylation is 2. The van der Waals surface area contributed by atoms with Crippen molar-refractivity contribution in [1.82, 2.24) is 19.7 Å². The van der Waals surface area contributed by atoms with Gasteiger partial charge in [0.1, 0.15) is 6.67 Å². The molecule has 0 N–H and O–H groups in total. The smallest absolute Gasteiger partial charge is 0.244 e. The number of hydrogen-bond donors (Lipinski definition) is 0. The minimum atomic E-state index is -2.52. The van der Waals surface area contributed by atoms with Crippen LogP contribution in [-0.4, -0.2) is 25.7 Å². The summed E-state index contributed by atoms with van der Waals surface area (Å²) >= 11 is 0. The molecule has 2 heterocycles. The lowest BCUT2D eigenvalue weighted by Gasteiger charge is -2.28. The van der Waals surface area contributed by atoms with Crippen LogP contribution in [-0.2, 0) is 13.1 Å². The summed E-state index contributed by atoms with van der Waals surface area (Å²) in [6, 6.07) is 3.54. The maximum atomic E-state index is 13.3. The first-order valence-electron chi connectivity index (χ1n) is 8.20. The van der Waals surface area contributed by atoms with Gasteiger partial charge in [0.05, 0.1) is 5.69 Å². The average Bonchev–Trinajstić information content (AvgIpc) is 2.90. The highest BCUT2D eigenvalue weighted by Crippen LogP contribution is 2.37. The zero-order valence-electron chi connectivity index (χ0n) is 13.9. The average molecular weight is 338 g/mol. The highest BCUT2D eigenvalue weighted by Gasteiger charge is 2.34. The molecule has 0 aliphatic heterocycles. The van der Waals surface area contributed by atoms with Gasteiger partial charge in [0.15, 0.2) is 0 Å². The summed E-state index contributed by atoms with van der Waals surface area (Å²) in [5, 5.41) is 4.16. The SMILES string of the molecule is Cc1cc(CC2CCC(F)(F)CC2)nc(-n2nc(CF)cc2C)n1. The van der Waals surface area contributed by atoms with E-state index in [-0.39, 0.29) is 18.8 Å². The van der Waals surface area contributed by atoms with Crippen LogP contribution < -0.4 is 0 Å². The Morgan fingerprint density at radius 2 is 1.83 bits per heavy atom. The van der Waals surface area contributed by atoms with Crippen molar-refractivity contribution in [2.45, 2.75) is 58.5 Å². The van der Waals surface area contributed by atoms with Gasteiger partial charge in [0.2, 0.25) is 5.92 Å². The molecule has 1 aliphatic rings. The molecule has 7 heteroatoms. The number of rotatable bonds is 4. The van der Waals surface area contributed by atoms with Crippen molar-refractivity contribution >= 4 is 0 Å². The molecule has 2 aromatic rings. The predicted octanol–water partition coefficient (Wildman–Crippen LogP) is 4.12. The summed E-state index contributed by atoms with van der Waals surface area (Å²) in [6.07, 6.45) is 1.58. The quantitative estimate of drug-likeness (QED) is 0.842. The van der Waals surface area contributed by atoms with E-state index in [2.05, 4.69) is 15.1 Å². The second-order valence-electron chi connectivity index (χ2n) is 6.63. The molecule has 0 spiro atoms. The molecule has 1 saturated carbocycles. The second-order valence-corrected chi connectivity index (χ2v) is 6.63. The van der Waals surface area contributed by atoms with Crippen LogP contribution in [0.2, 0.25) is 0 Å². The van der Waals surface area contributed by atoms with Gasteiger partial charge >= 0.3 is 0 Å². The van der Waals surface area contributed by atoms with Gasteiger partial charge in [0.25, 0.3) is 5.95 Å². The molecule has 0 amide bonds. The highest BCUT2D eigenvalue weighted by atomic mass is 19.3. The van der Waals surface area contributed by atoms with Crippen molar-refractivity contribution in [3.05, 3.63) is 34.9 Å². The molecule has 0 aromatic carbocycles.